The number of fused-ring (bicyclic) bond motifs is 5. The lowest BCUT2D eigenvalue weighted by atomic mass is 9.46. The summed E-state index contributed by atoms with van der Waals surface area (Å²) >= 11 is 0. The molecular weight excluding hydrogens is 336 g/mol. The van der Waals surface area contributed by atoms with Crippen LogP contribution in [0.25, 0.3) is 0 Å². The molecular formula is C24H36O3. The third-order valence-electron chi connectivity index (χ3n) is 9.49. The van der Waals surface area contributed by atoms with E-state index in [2.05, 4.69) is 39.8 Å². The Hall–Kier alpha value is -1.09. The Labute approximate surface area is 163 Å². The number of allylic oxidation sites excluding steroid dienone is 4. The molecule has 0 saturated heterocycles. The summed E-state index contributed by atoms with van der Waals surface area (Å²) in [6.07, 6.45) is 10.8. The van der Waals surface area contributed by atoms with Crippen LogP contribution in [0.15, 0.2) is 23.3 Å². The number of rotatable bonds is 2. The average Bonchev–Trinajstić information content (AvgIpc) is 2.95. The van der Waals surface area contributed by atoms with Gasteiger partial charge < -0.3 is 10.2 Å². The van der Waals surface area contributed by atoms with E-state index in [0.717, 1.165) is 38.5 Å². The van der Waals surface area contributed by atoms with E-state index in [9.17, 15) is 15.0 Å². The standard InChI is InChI=1S/C24H36O3/c1-14(21(26)27)16-7-8-17-15-6-9-19-22(2,3)20(25)11-13-24(19,5)18(15)10-12-23(16,17)4/h6,10,14,16-17,19-20,25H,7-9,11-13H2,1-5H3,(H,26,27)/t14-,16+,17-,19-,20-,23+,24+/m0/s1. The van der Waals surface area contributed by atoms with Crippen LogP contribution < -0.4 is 0 Å². The van der Waals surface area contributed by atoms with Crippen LogP contribution in [0.3, 0.4) is 0 Å². The van der Waals surface area contributed by atoms with Crippen molar-refractivity contribution in [2.24, 2.45) is 39.9 Å². The van der Waals surface area contributed by atoms with Gasteiger partial charge in [0, 0.05) is 0 Å². The van der Waals surface area contributed by atoms with Crippen LogP contribution in [0.1, 0.15) is 73.1 Å². The molecule has 0 aromatic carbocycles. The molecule has 150 valence electrons. The molecule has 4 aliphatic rings. The summed E-state index contributed by atoms with van der Waals surface area (Å²) in [5.41, 5.74) is 3.21. The van der Waals surface area contributed by atoms with Crippen molar-refractivity contribution in [2.45, 2.75) is 79.2 Å². The summed E-state index contributed by atoms with van der Waals surface area (Å²) in [6, 6.07) is 0. The number of aliphatic hydroxyl groups excluding tert-OH is 1. The normalized spacial score (nSPS) is 46.4. The molecule has 0 bridgehead atoms. The van der Waals surface area contributed by atoms with Crippen molar-refractivity contribution in [3.8, 4) is 0 Å². The van der Waals surface area contributed by atoms with Crippen LogP contribution in [-0.4, -0.2) is 22.3 Å². The van der Waals surface area contributed by atoms with E-state index < -0.39 is 5.97 Å². The Morgan fingerprint density at radius 3 is 2.52 bits per heavy atom. The molecule has 0 unspecified atom stereocenters. The zero-order valence-electron chi connectivity index (χ0n) is 17.6. The first-order chi connectivity index (χ1) is 12.5. The highest BCUT2D eigenvalue weighted by Gasteiger charge is 2.59. The Kier molecular flexibility index (Phi) is 4.24. The lowest BCUT2D eigenvalue weighted by molar-refractivity contribution is -0.144. The Morgan fingerprint density at radius 2 is 1.85 bits per heavy atom. The Bertz CT molecular complexity index is 717. The molecule has 0 aliphatic heterocycles. The minimum absolute atomic E-state index is 0.0628. The Morgan fingerprint density at radius 1 is 1.15 bits per heavy atom. The molecule has 2 fully saturated rings. The zero-order chi connectivity index (χ0) is 19.8. The summed E-state index contributed by atoms with van der Waals surface area (Å²) in [5, 5.41) is 20.2. The summed E-state index contributed by atoms with van der Waals surface area (Å²) in [6.45, 7) is 11.2. The predicted molar refractivity (Wildman–Crippen MR) is 107 cm³/mol. The van der Waals surface area contributed by atoms with Crippen molar-refractivity contribution in [3.63, 3.8) is 0 Å². The zero-order valence-corrected chi connectivity index (χ0v) is 17.6. The third-order valence-corrected chi connectivity index (χ3v) is 9.49. The van der Waals surface area contributed by atoms with Gasteiger partial charge in [0.2, 0.25) is 0 Å². The van der Waals surface area contributed by atoms with Gasteiger partial charge in [-0.2, -0.15) is 0 Å². The van der Waals surface area contributed by atoms with Gasteiger partial charge in [-0.3, -0.25) is 4.79 Å². The van der Waals surface area contributed by atoms with Crippen molar-refractivity contribution in [3.05, 3.63) is 23.3 Å². The van der Waals surface area contributed by atoms with Crippen molar-refractivity contribution >= 4 is 5.97 Å². The average molecular weight is 373 g/mol. The maximum Gasteiger partial charge on any atom is 0.306 e. The van der Waals surface area contributed by atoms with Crippen LogP contribution in [0.5, 0.6) is 0 Å². The molecule has 4 aliphatic carbocycles. The fraction of sp³-hybridized carbons (Fsp3) is 0.792. The minimum Gasteiger partial charge on any atom is -0.481 e. The lowest BCUT2D eigenvalue weighted by Crippen LogP contribution is -2.53. The van der Waals surface area contributed by atoms with Gasteiger partial charge in [-0.1, -0.05) is 46.8 Å². The van der Waals surface area contributed by atoms with E-state index in [-0.39, 0.29) is 34.2 Å². The third kappa shape index (κ3) is 2.46. The molecule has 2 N–H and O–H groups in total. The molecule has 0 spiro atoms. The van der Waals surface area contributed by atoms with Crippen molar-refractivity contribution in [2.75, 3.05) is 0 Å². The second-order valence-electron chi connectivity index (χ2n) is 10.9. The van der Waals surface area contributed by atoms with E-state index in [0.29, 0.717) is 11.8 Å². The fourth-order valence-electron chi connectivity index (χ4n) is 7.67. The first-order valence-corrected chi connectivity index (χ1v) is 10.9. The van der Waals surface area contributed by atoms with Gasteiger partial charge in [0.05, 0.1) is 12.0 Å². The van der Waals surface area contributed by atoms with Crippen molar-refractivity contribution < 1.29 is 15.0 Å². The van der Waals surface area contributed by atoms with Crippen LogP contribution >= 0.6 is 0 Å². The van der Waals surface area contributed by atoms with E-state index >= 15 is 0 Å². The molecule has 3 nitrogen and oxygen atoms in total. The van der Waals surface area contributed by atoms with Crippen molar-refractivity contribution in [1.82, 2.24) is 0 Å². The smallest absolute Gasteiger partial charge is 0.306 e. The first kappa shape index (κ1) is 19.2. The van der Waals surface area contributed by atoms with Crippen molar-refractivity contribution in [1.29, 1.82) is 0 Å². The first-order valence-electron chi connectivity index (χ1n) is 10.9. The second kappa shape index (κ2) is 5.95. The highest BCUT2D eigenvalue weighted by molar-refractivity contribution is 5.70. The largest absolute Gasteiger partial charge is 0.481 e. The van der Waals surface area contributed by atoms with E-state index in [1.807, 2.05) is 6.92 Å². The SMILES string of the molecule is C[C@H](C(=O)O)[C@H]1CC[C@H]2C3=CC[C@H]4C(C)(C)[C@@H](O)CC[C@]4(C)C3=CC[C@]12C. The molecule has 0 aromatic heterocycles. The van der Waals surface area contributed by atoms with Crippen LogP contribution in [-0.2, 0) is 4.79 Å². The van der Waals surface area contributed by atoms with E-state index in [4.69, 9.17) is 0 Å². The topological polar surface area (TPSA) is 57.5 Å². The highest BCUT2D eigenvalue weighted by Crippen LogP contribution is 2.66. The number of carboxylic acid groups (broad SMARTS) is 1. The predicted octanol–water partition coefficient (Wildman–Crippen LogP) is 5.20. The number of carbonyl (C=O) groups is 1. The number of aliphatic carboxylic acids is 1. The molecule has 2 saturated carbocycles. The summed E-state index contributed by atoms with van der Waals surface area (Å²) in [7, 11) is 0. The van der Waals surface area contributed by atoms with Gasteiger partial charge in [0.15, 0.2) is 0 Å². The summed E-state index contributed by atoms with van der Waals surface area (Å²) in [4.78, 5) is 11.7. The molecule has 0 heterocycles. The fourth-order valence-corrected chi connectivity index (χ4v) is 7.67. The molecule has 3 heteroatoms. The maximum atomic E-state index is 11.7. The molecule has 27 heavy (non-hydrogen) atoms. The number of hydrogen-bond acceptors (Lipinski definition) is 2. The molecule has 0 amide bonds. The number of carboxylic acids is 1. The molecule has 0 aromatic rings. The lowest BCUT2D eigenvalue weighted by Gasteiger charge is -2.58. The van der Waals surface area contributed by atoms with Gasteiger partial charge in [-0.25, -0.2) is 0 Å². The number of hydrogen-bond donors (Lipinski definition) is 2. The maximum absolute atomic E-state index is 11.7. The number of aliphatic hydroxyl groups is 1. The minimum atomic E-state index is -0.649. The molecule has 7 atom stereocenters. The quantitative estimate of drug-likeness (QED) is 0.700. The van der Waals surface area contributed by atoms with Gasteiger partial charge in [0.1, 0.15) is 0 Å². The van der Waals surface area contributed by atoms with Gasteiger partial charge in [-0.15, -0.1) is 0 Å². The van der Waals surface area contributed by atoms with E-state index in [1.54, 1.807) is 0 Å². The molecule has 4 rings (SSSR count). The van der Waals surface area contributed by atoms with Gasteiger partial charge >= 0.3 is 5.97 Å². The van der Waals surface area contributed by atoms with Gasteiger partial charge in [-0.05, 0) is 83.7 Å². The summed E-state index contributed by atoms with van der Waals surface area (Å²) in [5.74, 6) is 0.310. The van der Waals surface area contributed by atoms with Crippen LogP contribution in [0.4, 0.5) is 0 Å². The van der Waals surface area contributed by atoms with Crippen LogP contribution in [0.2, 0.25) is 0 Å². The van der Waals surface area contributed by atoms with Crippen LogP contribution in [0, 0.1) is 39.9 Å². The van der Waals surface area contributed by atoms with E-state index in [1.165, 1.54) is 11.1 Å². The van der Waals surface area contributed by atoms with Gasteiger partial charge in [0.25, 0.3) is 0 Å². The monoisotopic (exact) mass is 372 g/mol. The highest BCUT2D eigenvalue weighted by atomic mass is 16.4. The summed E-state index contributed by atoms with van der Waals surface area (Å²) < 4.78 is 0. The second-order valence-corrected chi connectivity index (χ2v) is 10.9. The Balaban J connectivity index is 1.73. The molecule has 0 radical (unpaired) electrons.